The van der Waals surface area contributed by atoms with Crippen LogP contribution in [-0.4, -0.2) is 16.5 Å². The molecule has 3 rings (SSSR count). The Bertz CT molecular complexity index is 460. The molecular formula is C15H23N3O. The lowest BCUT2D eigenvalue weighted by Crippen LogP contribution is -2.39. The predicted molar refractivity (Wildman–Crippen MR) is 75.8 cm³/mol. The van der Waals surface area contributed by atoms with Gasteiger partial charge < -0.3 is 15.6 Å². The molecule has 1 amide bonds. The van der Waals surface area contributed by atoms with Crippen molar-refractivity contribution in [2.24, 2.45) is 11.8 Å². The average molecular weight is 261 g/mol. The van der Waals surface area contributed by atoms with Crippen molar-refractivity contribution >= 4 is 11.6 Å². The molecule has 4 nitrogen and oxygen atoms in total. The molecule has 0 aromatic carbocycles. The molecule has 0 bridgehead atoms. The fraction of sp³-hybridized carbons (Fsp3) is 0.667. The minimum absolute atomic E-state index is 0.0500. The van der Waals surface area contributed by atoms with E-state index in [4.69, 9.17) is 5.73 Å². The van der Waals surface area contributed by atoms with Crippen LogP contribution in [0.5, 0.6) is 0 Å². The molecule has 4 heteroatoms. The van der Waals surface area contributed by atoms with Gasteiger partial charge >= 0.3 is 0 Å². The SMILES string of the molecule is CCCn1cc(N)cc1C(=O)NC(C1CC1)C1CC1. The maximum atomic E-state index is 12.4. The number of aromatic nitrogens is 1. The largest absolute Gasteiger partial charge is 0.397 e. The summed E-state index contributed by atoms with van der Waals surface area (Å²) >= 11 is 0. The second kappa shape index (κ2) is 4.91. The van der Waals surface area contributed by atoms with Crippen LogP contribution in [-0.2, 0) is 6.54 Å². The van der Waals surface area contributed by atoms with Crippen LogP contribution in [0.25, 0.3) is 0 Å². The lowest BCUT2D eigenvalue weighted by Gasteiger charge is -2.18. The lowest BCUT2D eigenvalue weighted by molar-refractivity contribution is 0.0916. The summed E-state index contributed by atoms with van der Waals surface area (Å²) in [5.74, 6) is 1.50. The van der Waals surface area contributed by atoms with Crippen molar-refractivity contribution in [1.82, 2.24) is 9.88 Å². The molecule has 2 fully saturated rings. The molecule has 104 valence electrons. The van der Waals surface area contributed by atoms with E-state index in [1.54, 1.807) is 6.07 Å². The zero-order chi connectivity index (χ0) is 13.4. The number of hydrogen-bond donors (Lipinski definition) is 2. The van der Waals surface area contributed by atoms with Gasteiger partial charge in [-0.3, -0.25) is 4.79 Å². The number of amides is 1. The van der Waals surface area contributed by atoms with E-state index >= 15 is 0 Å². The molecule has 2 aliphatic carbocycles. The minimum Gasteiger partial charge on any atom is -0.397 e. The van der Waals surface area contributed by atoms with Crippen molar-refractivity contribution < 1.29 is 4.79 Å². The molecule has 0 unspecified atom stereocenters. The van der Waals surface area contributed by atoms with Crippen molar-refractivity contribution in [3.63, 3.8) is 0 Å². The smallest absolute Gasteiger partial charge is 0.268 e. The van der Waals surface area contributed by atoms with Crippen LogP contribution in [0.3, 0.4) is 0 Å². The van der Waals surface area contributed by atoms with Gasteiger partial charge in [0.25, 0.3) is 5.91 Å². The van der Waals surface area contributed by atoms with Gasteiger partial charge in [-0.25, -0.2) is 0 Å². The summed E-state index contributed by atoms with van der Waals surface area (Å²) in [6, 6.07) is 2.20. The van der Waals surface area contributed by atoms with E-state index in [0.717, 1.165) is 24.8 Å². The number of nitrogens with zero attached hydrogens (tertiary/aromatic N) is 1. The highest BCUT2D eigenvalue weighted by Gasteiger charge is 2.42. The summed E-state index contributed by atoms with van der Waals surface area (Å²) in [4.78, 5) is 12.4. The van der Waals surface area contributed by atoms with Crippen molar-refractivity contribution in [3.8, 4) is 0 Å². The quantitative estimate of drug-likeness (QED) is 0.826. The molecule has 1 aromatic rings. The molecule has 2 saturated carbocycles. The number of hydrogen-bond acceptors (Lipinski definition) is 2. The van der Waals surface area contributed by atoms with Gasteiger partial charge in [0.1, 0.15) is 5.69 Å². The highest BCUT2D eigenvalue weighted by Crippen LogP contribution is 2.44. The van der Waals surface area contributed by atoms with Gasteiger partial charge in [0, 0.05) is 18.8 Å². The van der Waals surface area contributed by atoms with Crippen LogP contribution in [0.4, 0.5) is 5.69 Å². The molecule has 0 spiro atoms. The van der Waals surface area contributed by atoms with Gasteiger partial charge in [-0.1, -0.05) is 6.92 Å². The summed E-state index contributed by atoms with van der Waals surface area (Å²) in [5, 5.41) is 3.25. The maximum absolute atomic E-state index is 12.4. The first-order valence-corrected chi connectivity index (χ1v) is 7.45. The molecule has 1 heterocycles. The third-order valence-corrected chi connectivity index (χ3v) is 4.17. The van der Waals surface area contributed by atoms with Gasteiger partial charge in [0.05, 0.1) is 5.69 Å². The number of nitrogen functional groups attached to an aromatic ring is 1. The van der Waals surface area contributed by atoms with Gasteiger partial charge in [0.2, 0.25) is 0 Å². The number of carbonyl (C=O) groups is 1. The van der Waals surface area contributed by atoms with Crippen LogP contribution in [0.15, 0.2) is 12.3 Å². The van der Waals surface area contributed by atoms with Crippen molar-refractivity contribution in [2.75, 3.05) is 5.73 Å². The maximum Gasteiger partial charge on any atom is 0.268 e. The molecule has 0 aliphatic heterocycles. The highest BCUT2D eigenvalue weighted by atomic mass is 16.2. The van der Waals surface area contributed by atoms with Crippen LogP contribution < -0.4 is 11.1 Å². The van der Waals surface area contributed by atoms with Crippen LogP contribution in [0.1, 0.15) is 49.5 Å². The standard InChI is InChI=1S/C15H23N3O/c1-2-7-18-9-12(16)8-13(18)15(19)17-14(10-3-4-10)11-5-6-11/h8-11,14H,2-7,16H2,1H3,(H,17,19). The molecule has 1 aromatic heterocycles. The molecule has 0 saturated heterocycles. The van der Waals surface area contributed by atoms with E-state index in [9.17, 15) is 4.79 Å². The van der Waals surface area contributed by atoms with Crippen LogP contribution >= 0.6 is 0 Å². The Morgan fingerprint density at radius 1 is 1.42 bits per heavy atom. The van der Waals surface area contributed by atoms with E-state index in [-0.39, 0.29) is 5.91 Å². The Balaban J connectivity index is 1.71. The first-order chi connectivity index (χ1) is 9.19. The molecule has 3 N–H and O–H groups in total. The van der Waals surface area contributed by atoms with Gasteiger partial charge in [-0.15, -0.1) is 0 Å². The molecule has 2 aliphatic rings. The van der Waals surface area contributed by atoms with Gasteiger partial charge in [-0.05, 0) is 50.0 Å². The summed E-state index contributed by atoms with van der Waals surface area (Å²) in [6.45, 7) is 2.95. The van der Waals surface area contributed by atoms with Crippen LogP contribution in [0, 0.1) is 11.8 Å². The highest BCUT2D eigenvalue weighted by molar-refractivity contribution is 5.94. The number of rotatable bonds is 6. The average Bonchev–Trinajstić information content (AvgIpc) is 3.25. The van der Waals surface area contributed by atoms with Crippen molar-refractivity contribution in [1.29, 1.82) is 0 Å². The zero-order valence-corrected chi connectivity index (χ0v) is 11.6. The first-order valence-electron chi connectivity index (χ1n) is 7.45. The minimum atomic E-state index is 0.0500. The Kier molecular flexibility index (Phi) is 3.25. The van der Waals surface area contributed by atoms with E-state index in [1.165, 1.54) is 25.7 Å². The summed E-state index contributed by atoms with van der Waals surface area (Å²) in [5.41, 5.74) is 7.21. The number of anilines is 1. The Morgan fingerprint density at radius 3 is 2.58 bits per heavy atom. The van der Waals surface area contributed by atoms with E-state index in [0.29, 0.717) is 17.4 Å². The second-order valence-electron chi connectivity index (χ2n) is 6.03. The third kappa shape index (κ3) is 2.77. The Hall–Kier alpha value is -1.45. The fourth-order valence-electron chi connectivity index (χ4n) is 2.91. The predicted octanol–water partition coefficient (Wildman–Crippen LogP) is 2.40. The van der Waals surface area contributed by atoms with E-state index in [2.05, 4.69) is 12.2 Å². The van der Waals surface area contributed by atoms with E-state index in [1.807, 2.05) is 10.8 Å². The summed E-state index contributed by atoms with van der Waals surface area (Å²) < 4.78 is 1.97. The Labute approximate surface area is 114 Å². The monoisotopic (exact) mass is 261 g/mol. The normalized spacial score (nSPS) is 18.8. The van der Waals surface area contributed by atoms with E-state index < -0.39 is 0 Å². The van der Waals surface area contributed by atoms with Crippen LogP contribution in [0.2, 0.25) is 0 Å². The number of nitrogens with two attached hydrogens (primary N) is 1. The second-order valence-corrected chi connectivity index (χ2v) is 6.03. The summed E-state index contributed by atoms with van der Waals surface area (Å²) in [7, 11) is 0. The zero-order valence-electron chi connectivity index (χ0n) is 11.6. The van der Waals surface area contributed by atoms with Gasteiger partial charge in [-0.2, -0.15) is 0 Å². The third-order valence-electron chi connectivity index (χ3n) is 4.17. The Morgan fingerprint density at radius 2 is 2.05 bits per heavy atom. The van der Waals surface area contributed by atoms with Gasteiger partial charge in [0.15, 0.2) is 0 Å². The number of carbonyl (C=O) groups excluding carboxylic acids is 1. The number of aryl methyl sites for hydroxylation is 1. The topological polar surface area (TPSA) is 60.0 Å². The van der Waals surface area contributed by atoms with Crippen molar-refractivity contribution in [2.45, 2.75) is 51.6 Å². The summed E-state index contributed by atoms with van der Waals surface area (Å²) in [6.07, 6.45) is 7.98. The van der Waals surface area contributed by atoms with Crippen molar-refractivity contribution in [3.05, 3.63) is 18.0 Å². The lowest BCUT2D eigenvalue weighted by atomic mass is 10.1. The molecule has 19 heavy (non-hydrogen) atoms. The molecule has 0 radical (unpaired) electrons. The number of nitrogens with one attached hydrogen (secondary N) is 1. The fourth-order valence-corrected chi connectivity index (χ4v) is 2.91. The first kappa shape index (κ1) is 12.6. The molecular weight excluding hydrogens is 238 g/mol. The molecule has 0 atom stereocenters.